The van der Waals surface area contributed by atoms with E-state index in [0.717, 1.165) is 31.9 Å². The summed E-state index contributed by atoms with van der Waals surface area (Å²) in [6.07, 6.45) is 0. The Bertz CT molecular complexity index is 1140. The van der Waals surface area contributed by atoms with E-state index in [-0.39, 0.29) is 5.75 Å². The van der Waals surface area contributed by atoms with Crippen molar-refractivity contribution >= 4 is 24.1 Å². The number of ether oxygens (including phenoxy) is 3. The second-order valence-electron chi connectivity index (χ2n) is 7.83. The minimum atomic E-state index is -0.576. The van der Waals surface area contributed by atoms with Gasteiger partial charge in [0.2, 0.25) is 0 Å². The van der Waals surface area contributed by atoms with E-state index in [1.165, 1.54) is 48.5 Å². The molecule has 3 aromatic rings. The Labute approximate surface area is 197 Å². The molecule has 0 aliphatic carbocycles. The van der Waals surface area contributed by atoms with Gasteiger partial charge in [0.15, 0.2) is 0 Å². The van der Waals surface area contributed by atoms with Crippen LogP contribution in [0.2, 0.25) is 0 Å². The van der Waals surface area contributed by atoms with E-state index in [4.69, 9.17) is 14.2 Å². The number of likely N-dealkylation sites (N-methyl/N-ethyl adjacent to an activating group) is 1. The van der Waals surface area contributed by atoms with Crippen molar-refractivity contribution in [2.75, 3.05) is 38.1 Å². The molecular weight excluding hydrogens is 436 g/mol. The molecule has 1 fully saturated rings. The maximum Gasteiger partial charge on any atom is 0.343 e. The van der Waals surface area contributed by atoms with E-state index in [1.807, 2.05) is 12.1 Å². The van der Waals surface area contributed by atoms with Crippen LogP contribution in [0.4, 0.5) is 5.69 Å². The fourth-order valence-electron chi connectivity index (χ4n) is 3.51. The summed E-state index contributed by atoms with van der Waals surface area (Å²) in [5, 5.41) is 0. The lowest BCUT2D eigenvalue weighted by molar-refractivity contribution is -0.120. The van der Waals surface area contributed by atoms with E-state index in [9.17, 15) is 14.4 Å². The molecule has 0 radical (unpaired) electrons. The van der Waals surface area contributed by atoms with Gasteiger partial charge >= 0.3 is 11.9 Å². The number of hydrogen-bond acceptors (Lipinski definition) is 8. The summed E-state index contributed by atoms with van der Waals surface area (Å²) in [6, 6.07) is 19.5. The molecule has 0 spiro atoms. The van der Waals surface area contributed by atoms with E-state index in [0.29, 0.717) is 29.1 Å². The minimum Gasteiger partial charge on any atom is -0.429 e. The highest BCUT2D eigenvalue weighted by atomic mass is 16.5. The normalized spacial score (nSPS) is 13.7. The van der Waals surface area contributed by atoms with Crippen LogP contribution >= 0.6 is 0 Å². The first-order valence-electron chi connectivity index (χ1n) is 10.8. The van der Waals surface area contributed by atoms with Gasteiger partial charge in [-0.1, -0.05) is 0 Å². The molecule has 0 N–H and O–H groups in total. The van der Waals surface area contributed by atoms with Crippen molar-refractivity contribution in [2.45, 2.75) is 0 Å². The molecule has 1 aliphatic rings. The van der Waals surface area contributed by atoms with Crippen LogP contribution in [0, 0.1) is 0 Å². The molecule has 0 amide bonds. The van der Waals surface area contributed by atoms with Crippen molar-refractivity contribution in [1.82, 2.24) is 4.90 Å². The summed E-state index contributed by atoms with van der Waals surface area (Å²) in [5.74, 6) is -0.0144. The molecule has 0 aromatic heterocycles. The molecule has 0 atom stereocenters. The number of hydrogen-bond donors (Lipinski definition) is 0. The van der Waals surface area contributed by atoms with E-state index in [1.54, 1.807) is 12.1 Å². The molecule has 0 bridgehead atoms. The molecule has 1 heterocycles. The monoisotopic (exact) mass is 460 g/mol. The van der Waals surface area contributed by atoms with E-state index in [2.05, 4.69) is 16.8 Å². The van der Waals surface area contributed by atoms with Gasteiger partial charge in [0.05, 0.1) is 11.1 Å². The van der Waals surface area contributed by atoms with Crippen molar-refractivity contribution in [2.24, 2.45) is 0 Å². The summed E-state index contributed by atoms with van der Waals surface area (Å²) in [4.78, 5) is 39.7. The molecule has 4 rings (SSSR count). The molecule has 0 saturated carbocycles. The first kappa shape index (κ1) is 23.0. The van der Waals surface area contributed by atoms with E-state index < -0.39 is 11.9 Å². The second-order valence-corrected chi connectivity index (χ2v) is 7.83. The lowest BCUT2D eigenvalue weighted by Crippen LogP contribution is -2.44. The first-order valence-corrected chi connectivity index (χ1v) is 10.8. The van der Waals surface area contributed by atoms with Gasteiger partial charge < -0.3 is 24.0 Å². The Balaban J connectivity index is 1.32. The molecule has 8 heteroatoms. The van der Waals surface area contributed by atoms with Gasteiger partial charge in [0, 0.05) is 31.9 Å². The Morgan fingerprint density at radius 1 is 0.676 bits per heavy atom. The zero-order chi connectivity index (χ0) is 23.9. The number of esters is 2. The van der Waals surface area contributed by atoms with E-state index >= 15 is 0 Å². The quantitative estimate of drug-likeness (QED) is 0.301. The van der Waals surface area contributed by atoms with Crippen LogP contribution < -0.4 is 19.1 Å². The SMILES string of the molecule is CN1CCN(c2ccc(OC(=O)c3ccc(OC(=O)c4ccc(OC=O)cc4)cc3)cc2)CC1. The van der Waals surface area contributed by atoms with Gasteiger partial charge in [-0.2, -0.15) is 0 Å². The number of nitrogens with zero attached hydrogens (tertiary/aromatic N) is 2. The highest BCUT2D eigenvalue weighted by Gasteiger charge is 2.15. The summed E-state index contributed by atoms with van der Waals surface area (Å²) in [7, 11) is 2.11. The Morgan fingerprint density at radius 3 is 1.59 bits per heavy atom. The van der Waals surface area contributed by atoms with Crippen molar-refractivity contribution in [3.8, 4) is 17.2 Å². The predicted octanol–water partition coefficient (Wildman–Crippen LogP) is 3.41. The van der Waals surface area contributed by atoms with Crippen LogP contribution in [0.15, 0.2) is 72.8 Å². The molecule has 1 saturated heterocycles. The average molecular weight is 460 g/mol. The third-order valence-corrected chi connectivity index (χ3v) is 5.49. The maximum atomic E-state index is 12.5. The lowest BCUT2D eigenvalue weighted by atomic mass is 10.2. The summed E-state index contributed by atoms with van der Waals surface area (Å²) < 4.78 is 15.5. The van der Waals surface area contributed by atoms with Gasteiger partial charge in [-0.25, -0.2) is 9.59 Å². The lowest BCUT2D eigenvalue weighted by Gasteiger charge is -2.34. The zero-order valence-electron chi connectivity index (χ0n) is 18.7. The number of anilines is 1. The standard InChI is InChI=1S/C26H24N2O6/c1-27-14-16-28(17-15-27)21-6-12-24(13-7-21)34-26(31)20-4-10-23(11-5-20)33-25(30)19-2-8-22(9-3-19)32-18-29/h2-13,18H,14-17H2,1H3. The van der Waals surface area contributed by atoms with Crippen molar-refractivity contribution < 1.29 is 28.6 Å². The van der Waals surface area contributed by atoms with Gasteiger partial charge in [-0.05, 0) is 79.8 Å². The maximum absolute atomic E-state index is 12.5. The second kappa shape index (κ2) is 10.6. The van der Waals surface area contributed by atoms with Gasteiger partial charge in [0.1, 0.15) is 17.2 Å². The van der Waals surface area contributed by atoms with Crippen LogP contribution in [0.5, 0.6) is 17.2 Å². The molecule has 174 valence electrons. The van der Waals surface area contributed by atoms with Crippen LogP contribution in [0.25, 0.3) is 0 Å². The van der Waals surface area contributed by atoms with Crippen molar-refractivity contribution in [1.29, 1.82) is 0 Å². The number of carbonyl (C=O) groups excluding carboxylic acids is 3. The largest absolute Gasteiger partial charge is 0.429 e. The Kier molecular flexibility index (Phi) is 7.19. The number of piperazine rings is 1. The van der Waals surface area contributed by atoms with Crippen molar-refractivity contribution in [3.05, 3.63) is 83.9 Å². The zero-order valence-corrected chi connectivity index (χ0v) is 18.7. The number of benzene rings is 3. The summed E-state index contributed by atoms with van der Waals surface area (Å²) in [5.41, 5.74) is 1.73. The van der Waals surface area contributed by atoms with Crippen LogP contribution in [-0.2, 0) is 4.79 Å². The molecule has 34 heavy (non-hydrogen) atoms. The van der Waals surface area contributed by atoms with Gasteiger partial charge in [-0.3, -0.25) is 4.79 Å². The van der Waals surface area contributed by atoms with Crippen LogP contribution in [0.1, 0.15) is 20.7 Å². The van der Waals surface area contributed by atoms with Crippen LogP contribution in [0.3, 0.4) is 0 Å². The minimum absolute atomic E-state index is 0.284. The molecule has 0 unspecified atom stereocenters. The van der Waals surface area contributed by atoms with Crippen molar-refractivity contribution in [3.63, 3.8) is 0 Å². The number of carbonyl (C=O) groups is 3. The summed E-state index contributed by atoms with van der Waals surface area (Å²) >= 11 is 0. The third-order valence-electron chi connectivity index (χ3n) is 5.49. The average Bonchev–Trinajstić information content (AvgIpc) is 2.86. The Hall–Kier alpha value is -4.17. The van der Waals surface area contributed by atoms with Gasteiger partial charge in [-0.15, -0.1) is 0 Å². The molecule has 1 aliphatic heterocycles. The molecule has 8 nitrogen and oxygen atoms in total. The topological polar surface area (TPSA) is 85.4 Å². The highest BCUT2D eigenvalue weighted by molar-refractivity contribution is 5.92. The fourth-order valence-corrected chi connectivity index (χ4v) is 3.51. The molecular formula is C26H24N2O6. The number of rotatable bonds is 7. The predicted molar refractivity (Wildman–Crippen MR) is 126 cm³/mol. The summed E-state index contributed by atoms with van der Waals surface area (Å²) in [6.45, 7) is 4.28. The molecule has 3 aromatic carbocycles. The third kappa shape index (κ3) is 5.79. The highest BCUT2D eigenvalue weighted by Crippen LogP contribution is 2.22. The fraction of sp³-hybridized carbons (Fsp3) is 0.192. The smallest absolute Gasteiger partial charge is 0.343 e. The van der Waals surface area contributed by atoms with Crippen LogP contribution in [-0.4, -0.2) is 56.5 Å². The van der Waals surface area contributed by atoms with Gasteiger partial charge in [0.25, 0.3) is 6.47 Å². The first-order chi connectivity index (χ1) is 16.5. The Morgan fingerprint density at radius 2 is 1.12 bits per heavy atom.